The van der Waals surface area contributed by atoms with Crippen LogP contribution in [-0.4, -0.2) is 23.9 Å². The number of hydrogen-bond donors (Lipinski definition) is 0. The number of nitrogens with zero attached hydrogens (tertiary/aromatic N) is 1. The summed E-state index contributed by atoms with van der Waals surface area (Å²) < 4.78 is 26.1. The van der Waals surface area contributed by atoms with E-state index in [1.165, 1.54) is 12.5 Å². The average molecular weight is 223 g/mol. The molecule has 1 aromatic carbocycles. The molecule has 1 heterocycles. The lowest BCUT2D eigenvalue weighted by molar-refractivity contribution is 0.0771. The van der Waals surface area contributed by atoms with Crippen LogP contribution in [0.4, 0.5) is 8.78 Å². The van der Waals surface area contributed by atoms with E-state index in [0.29, 0.717) is 11.8 Å². The van der Waals surface area contributed by atoms with Gasteiger partial charge >= 0.3 is 0 Å². The molecule has 0 bridgehead atoms. The maximum absolute atomic E-state index is 13.4. The molecule has 2 unspecified atom stereocenters. The third-order valence-corrected chi connectivity index (χ3v) is 3.43. The molecule has 0 N–H and O–H groups in total. The molecule has 1 amide bonds. The van der Waals surface area contributed by atoms with Crippen molar-refractivity contribution in [2.45, 2.75) is 6.42 Å². The number of carbonyl (C=O) groups excluding carboxylic acids is 1. The fourth-order valence-electron chi connectivity index (χ4n) is 2.40. The van der Waals surface area contributed by atoms with Crippen LogP contribution in [0.25, 0.3) is 0 Å². The summed E-state index contributed by atoms with van der Waals surface area (Å²) in [6.45, 7) is 1.45. The largest absolute Gasteiger partial charge is 0.338 e. The van der Waals surface area contributed by atoms with Crippen LogP contribution >= 0.6 is 0 Å². The molecule has 1 saturated heterocycles. The topological polar surface area (TPSA) is 20.3 Å². The summed E-state index contributed by atoms with van der Waals surface area (Å²) in [6.07, 6.45) is 1.19. The first-order valence-electron chi connectivity index (χ1n) is 5.39. The molecule has 3 rings (SSSR count). The Kier molecular flexibility index (Phi) is 1.99. The van der Waals surface area contributed by atoms with Crippen molar-refractivity contribution in [3.8, 4) is 0 Å². The van der Waals surface area contributed by atoms with Gasteiger partial charge in [-0.2, -0.15) is 0 Å². The molecular formula is C12H11F2NO. The van der Waals surface area contributed by atoms with Gasteiger partial charge in [0.25, 0.3) is 5.91 Å². The van der Waals surface area contributed by atoms with Gasteiger partial charge < -0.3 is 4.90 Å². The number of piperidine rings is 1. The molecule has 1 aliphatic heterocycles. The zero-order chi connectivity index (χ0) is 11.3. The maximum atomic E-state index is 13.4. The Morgan fingerprint density at radius 3 is 2.56 bits per heavy atom. The molecular weight excluding hydrogens is 212 g/mol. The van der Waals surface area contributed by atoms with E-state index in [1.54, 1.807) is 4.90 Å². The number of amides is 1. The van der Waals surface area contributed by atoms with Gasteiger partial charge in [-0.05, 0) is 30.4 Å². The summed E-state index contributed by atoms with van der Waals surface area (Å²) in [5.74, 6) is -0.506. The Hall–Kier alpha value is -1.45. The van der Waals surface area contributed by atoms with Crippen LogP contribution in [0.2, 0.25) is 0 Å². The van der Waals surface area contributed by atoms with Crippen LogP contribution in [0.15, 0.2) is 18.2 Å². The molecule has 1 aliphatic carbocycles. The van der Waals surface area contributed by atoms with Gasteiger partial charge in [-0.1, -0.05) is 0 Å². The molecule has 0 spiro atoms. The number of fused-ring (bicyclic) bond motifs is 1. The van der Waals surface area contributed by atoms with Crippen molar-refractivity contribution in [2.24, 2.45) is 11.8 Å². The molecule has 2 aliphatic rings. The van der Waals surface area contributed by atoms with E-state index in [-0.39, 0.29) is 11.5 Å². The van der Waals surface area contributed by atoms with Gasteiger partial charge in [-0.15, -0.1) is 0 Å². The lowest BCUT2D eigenvalue weighted by Crippen LogP contribution is -2.30. The molecule has 0 aromatic heterocycles. The number of benzene rings is 1. The van der Waals surface area contributed by atoms with E-state index in [2.05, 4.69) is 0 Å². The van der Waals surface area contributed by atoms with Crippen LogP contribution in [0.5, 0.6) is 0 Å². The van der Waals surface area contributed by atoms with Gasteiger partial charge in [-0.3, -0.25) is 4.79 Å². The Bertz CT molecular complexity index is 450. The van der Waals surface area contributed by atoms with E-state index in [4.69, 9.17) is 0 Å². The second-order valence-electron chi connectivity index (χ2n) is 4.59. The molecule has 2 fully saturated rings. The van der Waals surface area contributed by atoms with Crippen LogP contribution in [0, 0.1) is 23.5 Å². The lowest BCUT2D eigenvalue weighted by atomic mass is 10.2. The molecule has 16 heavy (non-hydrogen) atoms. The predicted molar refractivity (Wildman–Crippen MR) is 53.9 cm³/mol. The van der Waals surface area contributed by atoms with Gasteiger partial charge in [0, 0.05) is 19.2 Å². The Labute approximate surface area is 91.9 Å². The second kappa shape index (κ2) is 3.27. The summed E-state index contributed by atoms with van der Waals surface area (Å²) in [5, 5.41) is 0. The summed E-state index contributed by atoms with van der Waals surface area (Å²) in [4.78, 5) is 13.6. The van der Waals surface area contributed by atoms with E-state index in [1.807, 2.05) is 0 Å². The van der Waals surface area contributed by atoms with Crippen LogP contribution in [0.1, 0.15) is 16.8 Å². The molecule has 1 aromatic rings. The summed E-state index contributed by atoms with van der Waals surface area (Å²) >= 11 is 0. The smallest absolute Gasteiger partial charge is 0.256 e. The first kappa shape index (κ1) is 9.75. The normalized spacial score (nSPS) is 26.8. The first-order valence-corrected chi connectivity index (χ1v) is 5.39. The zero-order valence-corrected chi connectivity index (χ0v) is 8.62. The van der Waals surface area contributed by atoms with E-state index in [9.17, 15) is 13.6 Å². The fourth-order valence-corrected chi connectivity index (χ4v) is 2.40. The third kappa shape index (κ3) is 1.49. The van der Waals surface area contributed by atoms with Gasteiger partial charge in [0.15, 0.2) is 0 Å². The highest BCUT2D eigenvalue weighted by atomic mass is 19.1. The molecule has 2 nitrogen and oxygen atoms in total. The minimum Gasteiger partial charge on any atom is -0.338 e. The van der Waals surface area contributed by atoms with Gasteiger partial charge in [0.1, 0.15) is 11.6 Å². The van der Waals surface area contributed by atoms with Crippen molar-refractivity contribution in [3.63, 3.8) is 0 Å². The molecule has 2 atom stereocenters. The SMILES string of the molecule is O=C(c1ccc(F)cc1F)N1CC2CC2C1. The van der Waals surface area contributed by atoms with Crippen LogP contribution in [0.3, 0.4) is 0 Å². The quantitative estimate of drug-likeness (QED) is 0.713. The van der Waals surface area contributed by atoms with E-state index < -0.39 is 11.6 Å². The van der Waals surface area contributed by atoms with Gasteiger partial charge in [0.2, 0.25) is 0 Å². The Morgan fingerprint density at radius 1 is 1.25 bits per heavy atom. The summed E-state index contributed by atoms with van der Waals surface area (Å²) in [5.41, 5.74) is -0.0253. The number of halogens is 2. The van der Waals surface area contributed by atoms with E-state index in [0.717, 1.165) is 25.2 Å². The van der Waals surface area contributed by atoms with Crippen molar-refractivity contribution in [2.75, 3.05) is 13.1 Å². The number of carbonyl (C=O) groups is 1. The summed E-state index contributed by atoms with van der Waals surface area (Å²) in [6, 6.07) is 3.09. The molecule has 84 valence electrons. The number of hydrogen-bond acceptors (Lipinski definition) is 1. The fraction of sp³-hybridized carbons (Fsp3) is 0.417. The highest BCUT2D eigenvalue weighted by molar-refractivity contribution is 5.94. The number of likely N-dealkylation sites (tertiary alicyclic amines) is 1. The Morgan fingerprint density at radius 2 is 1.94 bits per heavy atom. The minimum atomic E-state index is -0.773. The molecule has 0 radical (unpaired) electrons. The monoisotopic (exact) mass is 223 g/mol. The Balaban J connectivity index is 1.83. The summed E-state index contributed by atoms with van der Waals surface area (Å²) in [7, 11) is 0. The molecule has 1 saturated carbocycles. The predicted octanol–water partition coefficient (Wildman–Crippen LogP) is 2.06. The van der Waals surface area contributed by atoms with Crippen molar-refractivity contribution in [1.82, 2.24) is 4.90 Å². The van der Waals surface area contributed by atoms with Gasteiger partial charge in [-0.25, -0.2) is 8.78 Å². The first-order chi connectivity index (χ1) is 7.65. The zero-order valence-electron chi connectivity index (χ0n) is 8.62. The van der Waals surface area contributed by atoms with Crippen molar-refractivity contribution in [3.05, 3.63) is 35.4 Å². The average Bonchev–Trinajstić information content (AvgIpc) is 2.85. The van der Waals surface area contributed by atoms with Crippen molar-refractivity contribution >= 4 is 5.91 Å². The third-order valence-electron chi connectivity index (χ3n) is 3.43. The van der Waals surface area contributed by atoms with Crippen molar-refractivity contribution in [1.29, 1.82) is 0 Å². The highest BCUT2D eigenvalue weighted by Crippen LogP contribution is 2.45. The van der Waals surface area contributed by atoms with Gasteiger partial charge in [0.05, 0.1) is 5.56 Å². The standard InChI is InChI=1S/C12H11F2NO/c13-9-1-2-10(11(14)4-9)12(16)15-5-7-3-8(7)6-15/h1-2,4,7-8H,3,5-6H2. The van der Waals surface area contributed by atoms with Crippen molar-refractivity contribution < 1.29 is 13.6 Å². The van der Waals surface area contributed by atoms with Crippen LogP contribution in [-0.2, 0) is 0 Å². The van der Waals surface area contributed by atoms with E-state index >= 15 is 0 Å². The van der Waals surface area contributed by atoms with Crippen LogP contribution < -0.4 is 0 Å². The highest BCUT2D eigenvalue weighted by Gasteiger charge is 2.46. The lowest BCUT2D eigenvalue weighted by Gasteiger charge is -2.18. The number of rotatable bonds is 1. The maximum Gasteiger partial charge on any atom is 0.256 e. The second-order valence-corrected chi connectivity index (χ2v) is 4.59. The molecule has 4 heteroatoms. The minimum absolute atomic E-state index is 0.0253.